The largest absolute Gasteiger partial charge is 0.388 e. The van der Waals surface area contributed by atoms with E-state index in [1.165, 1.54) is 4.68 Å². The van der Waals surface area contributed by atoms with Crippen molar-refractivity contribution in [1.82, 2.24) is 15.0 Å². The summed E-state index contributed by atoms with van der Waals surface area (Å²) < 4.78 is 7.14. The Kier molecular flexibility index (Phi) is 4.00. The number of ether oxygens (including phenoxy) is 1. The second-order valence-electron chi connectivity index (χ2n) is 5.03. The van der Waals surface area contributed by atoms with Gasteiger partial charge in [-0.15, -0.1) is 5.10 Å². The molecule has 2 heterocycles. The van der Waals surface area contributed by atoms with Crippen LogP contribution in [-0.2, 0) is 4.74 Å². The molecule has 1 aliphatic heterocycles. The number of aromatic nitrogens is 3. The van der Waals surface area contributed by atoms with E-state index >= 15 is 0 Å². The third kappa shape index (κ3) is 2.48. The molecular formula is C13H13BrClN3O3. The van der Waals surface area contributed by atoms with Crippen molar-refractivity contribution in [3.63, 3.8) is 0 Å². The van der Waals surface area contributed by atoms with Crippen molar-refractivity contribution in [2.45, 2.75) is 25.5 Å². The predicted octanol–water partition coefficient (Wildman–Crippen LogP) is 1.84. The maximum Gasteiger partial charge on any atom is 0.278 e. The Labute approximate surface area is 133 Å². The van der Waals surface area contributed by atoms with E-state index in [2.05, 4.69) is 26.2 Å². The van der Waals surface area contributed by atoms with Crippen LogP contribution >= 0.6 is 27.5 Å². The minimum Gasteiger partial charge on any atom is -0.388 e. The fourth-order valence-corrected chi connectivity index (χ4v) is 3.22. The van der Waals surface area contributed by atoms with Gasteiger partial charge in [-0.3, -0.25) is 4.79 Å². The lowest BCUT2D eigenvalue weighted by Gasteiger charge is -2.27. The summed E-state index contributed by atoms with van der Waals surface area (Å²) in [6, 6.07) is 1.26. The van der Waals surface area contributed by atoms with E-state index in [4.69, 9.17) is 16.3 Å². The molecule has 1 saturated heterocycles. The summed E-state index contributed by atoms with van der Waals surface area (Å²) in [6.07, 6.45) is -0.255. The SMILES string of the molecule is Cc1c(Br)cc2c(=O)n([C@H]3CCOC[C@@H]3O)nnc2c1Cl. The van der Waals surface area contributed by atoms with Crippen LogP contribution in [0.5, 0.6) is 0 Å². The van der Waals surface area contributed by atoms with E-state index in [0.29, 0.717) is 29.0 Å². The van der Waals surface area contributed by atoms with Gasteiger partial charge in [-0.2, -0.15) is 0 Å². The number of rotatable bonds is 1. The molecule has 0 amide bonds. The fourth-order valence-electron chi connectivity index (χ4n) is 2.44. The van der Waals surface area contributed by atoms with Gasteiger partial charge in [0.25, 0.3) is 5.56 Å². The zero-order chi connectivity index (χ0) is 15.1. The molecule has 0 aliphatic carbocycles. The number of aliphatic hydroxyl groups is 1. The zero-order valence-electron chi connectivity index (χ0n) is 11.2. The molecule has 0 radical (unpaired) electrons. The molecule has 1 fully saturated rings. The van der Waals surface area contributed by atoms with Gasteiger partial charge in [0, 0.05) is 11.1 Å². The maximum atomic E-state index is 12.6. The second kappa shape index (κ2) is 5.64. The van der Waals surface area contributed by atoms with Crippen LogP contribution in [0.4, 0.5) is 0 Å². The number of nitrogens with zero attached hydrogens (tertiary/aromatic N) is 3. The minimum atomic E-state index is -0.771. The highest BCUT2D eigenvalue weighted by Crippen LogP contribution is 2.30. The van der Waals surface area contributed by atoms with Gasteiger partial charge in [0.05, 0.1) is 29.2 Å². The Morgan fingerprint density at radius 1 is 1.57 bits per heavy atom. The molecule has 8 heteroatoms. The highest BCUT2D eigenvalue weighted by Gasteiger charge is 2.28. The Bertz CT molecular complexity index is 764. The first-order valence-electron chi connectivity index (χ1n) is 6.50. The first-order valence-corrected chi connectivity index (χ1v) is 7.67. The van der Waals surface area contributed by atoms with Crippen LogP contribution in [0.2, 0.25) is 5.02 Å². The van der Waals surface area contributed by atoms with E-state index in [9.17, 15) is 9.90 Å². The Morgan fingerprint density at radius 3 is 3.05 bits per heavy atom. The van der Waals surface area contributed by atoms with E-state index in [1.54, 1.807) is 6.07 Å². The highest BCUT2D eigenvalue weighted by molar-refractivity contribution is 9.10. The van der Waals surface area contributed by atoms with Crippen LogP contribution in [0.25, 0.3) is 10.9 Å². The average molecular weight is 375 g/mol. The minimum absolute atomic E-state index is 0.190. The smallest absolute Gasteiger partial charge is 0.278 e. The van der Waals surface area contributed by atoms with Crippen molar-refractivity contribution >= 4 is 38.4 Å². The summed E-state index contributed by atoms with van der Waals surface area (Å²) in [7, 11) is 0. The number of halogens is 2. The first kappa shape index (κ1) is 14.9. The van der Waals surface area contributed by atoms with Crippen molar-refractivity contribution < 1.29 is 9.84 Å². The maximum absolute atomic E-state index is 12.6. The Hall–Kier alpha value is -1.02. The van der Waals surface area contributed by atoms with Crippen molar-refractivity contribution in [2.75, 3.05) is 13.2 Å². The number of hydrogen-bond acceptors (Lipinski definition) is 5. The van der Waals surface area contributed by atoms with Crippen LogP contribution in [-0.4, -0.2) is 39.4 Å². The lowest BCUT2D eigenvalue weighted by molar-refractivity contribution is -0.0434. The summed E-state index contributed by atoms with van der Waals surface area (Å²) in [5, 5.41) is 18.8. The molecule has 1 aliphatic rings. The van der Waals surface area contributed by atoms with Gasteiger partial charge in [-0.1, -0.05) is 32.7 Å². The van der Waals surface area contributed by atoms with Gasteiger partial charge in [0.2, 0.25) is 0 Å². The molecule has 2 atom stereocenters. The number of aliphatic hydroxyl groups excluding tert-OH is 1. The summed E-state index contributed by atoms with van der Waals surface area (Å²) in [5.41, 5.74) is 0.871. The van der Waals surface area contributed by atoms with E-state index < -0.39 is 12.1 Å². The molecule has 0 saturated carbocycles. The molecule has 0 unspecified atom stereocenters. The van der Waals surface area contributed by atoms with E-state index in [-0.39, 0.29) is 12.2 Å². The average Bonchev–Trinajstić information content (AvgIpc) is 2.47. The van der Waals surface area contributed by atoms with Crippen LogP contribution in [0.3, 0.4) is 0 Å². The predicted molar refractivity (Wildman–Crippen MR) is 81.7 cm³/mol. The zero-order valence-corrected chi connectivity index (χ0v) is 13.6. The molecule has 1 aromatic heterocycles. The lowest BCUT2D eigenvalue weighted by atomic mass is 10.1. The number of hydrogen-bond donors (Lipinski definition) is 1. The van der Waals surface area contributed by atoms with E-state index in [1.807, 2.05) is 6.92 Å². The van der Waals surface area contributed by atoms with Crippen molar-refractivity contribution in [3.8, 4) is 0 Å². The Balaban J connectivity index is 2.21. The fraction of sp³-hybridized carbons (Fsp3) is 0.462. The van der Waals surface area contributed by atoms with Crippen molar-refractivity contribution in [2.24, 2.45) is 0 Å². The Morgan fingerprint density at radius 2 is 2.33 bits per heavy atom. The van der Waals surface area contributed by atoms with Gasteiger partial charge in [-0.25, -0.2) is 4.68 Å². The number of benzene rings is 1. The lowest BCUT2D eigenvalue weighted by Crippen LogP contribution is -2.40. The van der Waals surface area contributed by atoms with Crippen molar-refractivity contribution in [3.05, 3.63) is 31.5 Å². The van der Waals surface area contributed by atoms with E-state index in [0.717, 1.165) is 10.0 Å². The molecule has 112 valence electrons. The van der Waals surface area contributed by atoms with Crippen LogP contribution in [0, 0.1) is 6.92 Å². The molecule has 1 N–H and O–H groups in total. The van der Waals surface area contributed by atoms with Crippen molar-refractivity contribution in [1.29, 1.82) is 0 Å². The standard InChI is InChI=1S/C13H13BrClN3O3/c1-6-8(14)4-7-12(11(6)15)16-17-18(13(7)20)9-2-3-21-5-10(9)19/h4,9-10,19H,2-3,5H2,1H3/t9-,10-/m0/s1. The molecule has 0 bridgehead atoms. The van der Waals surface area contributed by atoms with Gasteiger partial charge >= 0.3 is 0 Å². The quantitative estimate of drug-likeness (QED) is 0.824. The second-order valence-corrected chi connectivity index (χ2v) is 6.26. The van der Waals surface area contributed by atoms with Gasteiger partial charge in [-0.05, 0) is 25.0 Å². The number of fused-ring (bicyclic) bond motifs is 1. The molecule has 6 nitrogen and oxygen atoms in total. The summed E-state index contributed by atoms with van der Waals surface area (Å²) in [4.78, 5) is 12.6. The summed E-state index contributed by atoms with van der Waals surface area (Å²) in [5.74, 6) is 0. The van der Waals surface area contributed by atoms with Crippen LogP contribution in [0.15, 0.2) is 15.3 Å². The van der Waals surface area contributed by atoms with Gasteiger partial charge < -0.3 is 9.84 Å². The molecule has 1 aromatic carbocycles. The van der Waals surface area contributed by atoms with Crippen LogP contribution in [0.1, 0.15) is 18.0 Å². The molecule has 21 heavy (non-hydrogen) atoms. The molecule has 3 rings (SSSR count). The topological polar surface area (TPSA) is 77.2 Å². The third-order valence-electron chi connectivity index (χ3n) is 3.71. The third-order valence-corrected chi connectivity index (χ3v) is 4.99. The molecule has 0 spiro atoms. The normalized spacial score (nSPS) is 22.7. The summed E-state index contributed by atoms with van der Waals surface area (Å²) >= 11 is 9.60. The van der Waals surface area contributed by atoms with Gasteiger partial charge in [0.1, 0.15) is 5.52 Å². The summed E-state index contributed by atoms with van der Waals surface area (Å²) in [6.45, 7) is 2.50. The van der Waals surface area contributed by atoms with Gasteiger partial charge in [0.15, 0.2) is 0 Å². The van der Waals surface area contributed by atoms with Crippen LogP contribution < -0.4 is 5.56 Å². The first-order chi connectivity index (χ1) is 10.0. The molecule has 2 aromatic rings. The molecular weight excluding hydrogens is 362 g/mol. The highest BCUT2D eigenvalue weighted by atomic mass is 79.9. The monoisotopic (exact) mass is 373 g/mol.